The van der Waals surface area contributed by atoms with Crippen molar-refractivity contribution in [2.24, 2.45) is 0 Å². The Morgan fingerprint density at radius 2 is 1.92 bits per heavy atom. The maximum absolute atomic E-state index is 12.4. The topological polar surface area (TPSA) is 91.1 Å². The normalized spacial score (nSPS) is 14.4. The molecule has 0 spiro atoms. The first-order chi connectivity index (χ1) is 12.2. The Balaban J connectivity index is 2.16. The number of nitrogens with zero attached hydrogens (tertiary/aromatic N) is 2. The van der Waals surface area contributed by atoms with E-state index in [1.165, 1.54) is 20.6 Å². The van der Waals surface area contributed by atoms with Crippen molar-refractivity contribution in [2.45, 2.75) is 0 Å². The smallest absolute Gasteiger partial charge is 0.355 e. The van der Waals surface area contributed by atoms with E-state index in [9.17, 15) is 9.59 Å². The van der Waals surface area contributed by atoms with Crippen LogP contribution in [0.1, 0.15) is 0 Å². The van der Waals surface area contributed by atoms with Crippen molar-refractivity contribution >= 4 is 17.6 Å². The van der Waals surface area contributed by atoms with Gasteiger partial charge in [0.1, 0.15) is 12.4 Å². The van der Waals surface area contributed by atoms with Crippen LogP contribution in [0, 0.1) is 0 Å². The molecule has 25 heavy (non-hydrogen) atoms. The van der Waals surface area contributed by atoms with E-state index in [0.29, 0.717) is 17.0 Å². The van der Waals surface area contributed by atoms with E-state index in [1.807, 2.05) is 12.1 Å². The Hall–Kier alpha value is -3.13. The lowest BCUT2D eigenvalue weighted by molar-refractivity contribution is -0.140. The molecule has 0 saturated carbocycles. The average molecular weight is 344 g/mol. The molecule has 8 nitrogen and oxygen atoms in total. The monoisotopic (exact) mass is 344 g/mol. The minimum absolute atomic E-state index is 0.0436. The predicted octanol–water partition coefficient (Wildman–Crippen LogP) is 1.74. The number of methoxy groups -OCH3 is 2. The Morgan fingerprint density at radius 1 is 1.16 bits per heavy atom. The van der Waals surface area contributed by atoms with E-state index >= 15 is 0 Å². The average Bonchev–Trinajstić information content (AvgIpc) is 3.20. The summed E-state index contributed by atoms with van der Waals surface area (Å²) < 4.78 is 20.5. The Labute approximate surface area is 143 Å². The van der Waals surface area contributed by atoms with Crippen LogP contribution in [0.5, 0.6) is 0 Å². The van der Waals surface area contributed by atoms with Gasteiger partial charge in [-0.1, -0.05) is 12.1 Å². The number of para-hydroxylation sites is 1. The molecule has 2 heterocycles. The van der Waals surface area contributed by atoms with Gasteiger partial charge in [-0.05, 0) is 12.1 Å². The molecule has 1 aromatic carbocycles. The Kier molecular flexibility index (Phi) is 4.80. The van der Waals surface area contributed by atoms with E-state index in [0.717, 1.165) is 0 Å². The number of benzene rings is 1. The van der Waals surface area contributed by atoms with Gasteiger partial charge in [-0.2, -0.15) is 0 Å². The Bertz CT molecular complexity index is 812. The number of rotatable bonds is 4. The van der Waals surface area contributed by atoms with Gasteiger partial charge < -0.3 is 23.5 Å². The first kappa shape index (κ1) is 16.7. The second-order valence-corrected chi connectivity index (χ2v) is 5.10. The summed E-state index contributed by atoms with van der Waals surface area (Å²) in [6, 6.07) is 7.23. The van der Waals surface area contributed by atoms with Gasteiger partial charge in [0.2, 0.25) is 0 Å². The zero-order chi connectivity index (χ0) is 17.8. The summed E-state index contributed by atoms with van der Waals surface area (Å²) in [7, 11) is 2.49. The summed E-state index contributed by atoms with van der Waals surface area (Å²) in [6.45, 7) is 0.0220. The molecule has 3 rings (SSSR count). The summed E-state index contributed by atoms with van der Waals surface area (Å²) in [4.78, 5) is 29.9. The SMILES string of the molecule is COC(=O)C1=C(C(=O)OC)N(c2ccccc2-c2cnco2)COC1. The van der Waals surface area contributed by atoms with E-state index < -0.39 is 11.9 Å². The summed E-state index contributed by atoms with van der Waals surface area (Å²) in [5.74, 6) is -0.789. The number of hydrogen-bond acceptors (Lipinski definition) is 8. The van der Waals surface area contributed by atoms with Crippen LogP contribution >= 0.6 is 0 Å². The van der Waals surface area contributed by atoms with Crippen molar-refractivity contribution < 1.29 is 28.2 Å². The highest BCUT2D eigenvalue weighted by Gasteiger charge is 2.33. The molecule has 1 aliphatic rings. The maximum Gasteiger partial charge on any atom is 0.355 e. The fourth-order valence-electron chi connectivity index (χ4n) is 2.60. The van der Waals surface area contributed by atoms with E-state index in [1.54, 1.807) is 23.2 Å². The number of hydrogen-bond donors (Lipinski definition) is 0. The second-order valence-electron chi connectivity index (χ2n) is 5.10. The molecule has 0 bridgehead atoms. The number of ether oxygens (including phenoxy) is 3. The van der Waals surface area contributed by atoms with Gasteiger partial charge in [0.05, 0.1) is 38.3 Å². The number of carbonyl (C=O) groups excluding carboxylic acids is 2. The molecule has 0 radical (unpaired) electrons. The molecule has 8 heteroatoms. The lowest BCUT2D eigenvalue weighted by Crippen LogP contribution is -2.39. The van der Waals surface area contributed by atoms with Gasteiger partial charge in [0, 0.05) is 5.56 Å². The lowest BCUT2D eigenvalue weighted by Gasteiger charge is -2.32. The number of carbonyl (C=O) groups is 2. The largest absolute Gasteiger partial charge is 0.466 e. The zero-order valence-electron chi connectivity index (χ0n) is 13.7. The summed E-state index contributed by atoms with van der Waals surface area (Å²) >= 11 is 0. The van der Waals surface area contributed by atoms with Crippen LogP contribution in [0.3, 0.4) is 0 Å². The molecule has 0 unspecified atom stereocenters. The molecule has 0 atom stereocenters. The molecule has 0 amide bonds. The molecule has 2 aromatic rings. The minimum Gasteiger partial charge on any atom is -0.466 e. The van der Waals surface area contributed by atoms with Gasteiger partial charge in [-0.25, -0.2) is 14.6 Å². The van der Waals surface area contributed by atoms with Crippen LogP contribution < -0.4 is 4.90 Å². The fourth-order valence-corrected chi connectivity index (χ4v) is 2.60. The fraction of sp³-hybridized carbons (Fsp3) is 0.235. The summed E-state index contributed by atoms with van der Waals surface area (Å²) in [5, 5.41) is 0. The van der Waals surface area contributed by atoms with Crippen molar-refractivity contribution in [3.8, 4) is 11.3 Å². The van der Waals surface area contributed by atoms with Crippen molar-refractivity contribution in [3.63, 3.8) is 0 Å². The van der Waals surface area contributed by atoms with Gasteiger partial charge >= 0.3 is 11.9 Å². The molecular formula is C17H16N2O6. The lowest BCUT2D eigenvalue weighted by atomic mass is 10.1. The second kappa shape index (κ2) is 7.18. The third-order valence-corrected chi connectivity index (χ3v) is 3.73. The third kappa shape index (κ3) is 3.11. The predicted molar refractivity (Wildman–Crippen MR) is 86.3 cm³/mol. The maximum atomic E-state index is 12.4. The highest BCUT2D eigenvalue weighted by atomic mass is 16.5. The standard InChI is InChI=1S/C17H16N2O6/c1-22-16(20)12-8-24-10-19(15(12)17(21)23-2)13-6-4-3-5-11(13)14-7-18-9-25-14/h3-7,9H,8,10H2,1-2H3. The van der Waals surface area contributed by atoms with Gasteiger partial charge in [-0.3, -0.25) is 0 Å². The van der Waals surface area contributed by atoms with E-state index in [-0.39, 0.29) is 24.6 Å². The quantitative estimate of drug-likeness (QED) is 0.775. The highest BCUT2D eigenvalue weighted by Crippen LogP contribution is 2.35. The number of oxazole rings is 1. The van der Waals surface area contributed by atoms with Gasteiger partial charge in [-0.15, -0.1) is 0 Å². The van der Waals surface area contributed by atoms with E-state index in [4.69, 9.17) is 18.6 Å². The van der Waals surface area contributed by atoms with Crippen molar-refractivity contribution in [1.82, 2.24) is 4.98 Å². The van der Waals surface area contributed by atoms with Gasteiger partial charge in [0.15, 0.2) is 12.2 Å². The number of anilines is 1. The molecular weight excluding hydrogens is 328 g/mol. The molecule has 1 aliphatic heterocycles. The molecule has 0 N–H and O–H groups in total. The van der Waals surface area contributed by atoms with Crippen molar-refractivity contribution in [3.05, 3.63) is 48.1 Å². The van der Waals surface area contributed by atoms with Crippen LogP contribution in [0.4, 0.5) is 5.69 Å². The molecule has 1 aromatic heterocycles. The Morgan fingerprint density at radius 3 is 2.60 bits per heavy atom. The number of aromatic nitrogens is 1. The molecule has 0 fully saturated rings. The molecule has 0 aliphatic carbocycles. The summed E-state index contributed by atoms with van der Waals surface area (Å²) in [6.07, 6.45) is 2.88. The van der Waals surface area contributed by atoms with Crippen LogP contribution in [0.2, 0.25) is 0 Å². The molecule has 130 valence electrons. The van der Waals surface area contributed by atoms with Crippen molar-refractivity contribution in [1.29, 1.82) is 0 Å². The number of esters is 2. The van der Waals surface area contributed by atoms with Crippen LogP contribution in [-0.2, 0) is 23.8 Å². The highest BCUT2D eigenvalue weighted by molar-refractivity contribution is 6.04. The van der Waals surface area contributed by atoms with Crippen molar-refractivity contribution in [2.75, 3.05) is 32.5 Å². The first-order valence-corrected chi connectivity index (χ1v) is 7.40. The third-order valence-electron chi connectivity index (χ3n) is 3.73. The van der Waals surface area contributed by atoms with Crippen LogP contribution in [-0.4, -0.2) is 44.5 Å². The first-order valence-electron chi connectivity index (χ1n) is 7.40. The minimum atomic E-state index is -0.656. The molecule has 0 saturated heterocycles. The van der Waals surface area contributed by atoms with E-state index in [2.05, 4.69) is 4.98 Å². The van der Waals surface area contributed by atoms with Gasteiger partial charge in [0.25, 0.3) is 0 Å². The van der Waals surface area contributed by atoms with Crippen LogP contribution in [0.15, 0.2) is 52.5 Å². The van der Waals surface area contributed by atoms with Crippen LogP contribution in [0.25, 0.3) is 11.3 Å². The summed E-state index contributed by atoms with van der Waals surface area (Å²) in [5.41, 5.74) is 1.47. The zero-order valence-corrected chi connectivity index (χ0v) is 13.7.